The summed E-state index contributed by atoms with van der Waals surface area (Å²) in [6, 6.07) is 5.30. The number of amides is 2. The molecule has 2 heterocycles. The van der Waals surface area contributed by atoms with Gasteiger partial charge in [0.25, 0.3) is 11.8 Å². The van der Waals surface area contributed by atoms with E-state index >= 15 is 0 Å². The third-order valence-corrected chi connectivity index (χ3v) is 5.73. The van der Waals surface area contributed by atoms with Crippen molar-refractivity contribution >= 4 is 28.8 Å². The van der Waals surface area contributed by atoms with Crippen LogP contribution in [-0.2, 0) is 0 Å². The van der Waals surface area contributed by atoms with Crippen LogP contribution in [0.4, 0.5) is 5.69 Å². The maximum absolute atomic E-state index is 12.6. The number of aromatic nitrogens is 1. The van der Waals surface area contributed by atoms with Crippen LogP contribution >= 0.6 is 11.3 Å². The first kappa shape index (κ1) is 17.6. The van der Waals surface area contributed by atoms with Gasteiger partial charge in [0.1, 0.15) is 4.88 Å². The maximum atomic E-state index is 12.6. The molecule has 2 aromatic heterocycles. The molecular weight excluding hydrogens is 334 g/mol. The van der Waals surface area contributed by atoms with Crippen LogP contribution in [0, 0.1) is 5.92 Å². The van der Waals surface area contributed by atoms with Crippen molar-refractivity contribution in [2.75, 3.05) is 5.32 Å². The Labute approximate surface area is 151 Å². The number of carbonyl (C=O) groups is 2. The summed E-state index contributed by atoms with van der Waals surface area (Å²) >= 11 is 1.35. The minimum absolute atomic E-state index is 0.0972. The molecule has 3 rings (SSSR count). The van der Waals surface area contributed by atoms with Crippen LogP contribution in [0.2, 0.25) is 0 Å². The molecule has 2 N–H and O–H groups in total. The lowest BCUT2D eigenvalue weighted by Crippen LogP contribution is -2.37. The molecule has 1 aliphatic carbocycles. The predicted molar refractivity (Wildman–Crippen MR) is 100 cm³/mol. The van der Waals surface area contributed by atoms with Gasteiger partial charge in [-0.3, -0.25) is 14.6 Å². The summed E-state index contributed by atoms with van der Waals surface area (Å²) < 4.78 is 0. The van der Waals surface area contributed by atoms with Crippen molar-refractivity contribution in [2.45, 2.75) is 45.1 Å². The fraction of sp³-hybridized carbons (Fsp3) is 0.421. The molecule has 0 aliphatic heterocycles. The van der Waals surface area contributed by atoms with Gasteiger partial charge in [0.15, 0.2) is 0 Å². The minimum atomic E-state index is -0.238. The van der Waals surface area contributed by atoms with Crippen LogP contribution in [0.1, 0.15) is 59.1 Å². The van der Waals surface area contributed by atoms with Crippen LogP contribution in [0.25, 0.3) is 0 Å². The first-order chi connectivity index (χ1) is 12.2. The molecule has 1 aliphatic rings. The zero-order valence-electron chi connectivity index (χ0n) is 14.3. The Morgan fingerprint density at radius 2 is 1.84 bits per heavy atom. The molecule has 25 heavy (non-hydrogen) atoms. The Morgan fingerprint density at radius 3 is 2.52 bits per heavy atom. The van der Waals surface area contributed by atoms with E-state index in [-0.39, 0.29) is 17.9 Å². The minimum Gasteiger partial charge on any atom is -0.349 e. The molecule has 0 saturated heterocycles. The summed E-state index contributed by atoms with van der Waals surface area (Å²) in [7, 11) is 0. The highest BCUT2D eigenvalue weighted by Gasteiger charge is 2.23. The van der Waals surface area contributed by atoms with Crippen molar-refractivity contribution in [1.82, 2.24) is 10.3 Å². The van der Waals surface area contributed by atoms with Gasteiger partial charge in [-0.15, -0.1) is 11.3 Å². The summed E-state index contributed by atoms with van der Waals surface area (Å²) in [6.07, 6.45) is 8.79. The van der Waals surface area contributed by atoms with Gasteiger partial charge in [-0.2, -0.15) is 0 Å². The largest absolute Gasteiger partial charge is 0.349 e. The van der Waals surface area contributed by atoms with E-state index in [4.69, 9.17) is 0 Å². The number of anilines is 1. The lowest BCUT2D eigenvalue weighted by atomic mass is 9.84. The van der Waals surface area contributed by atoms with Gasteiger partial charge in [0.2, 0.25) is 0 Å². The average Bonchev–Trinajstić information content (AvgIpc) is 3.11. The Bertz CT molecular complexity index is 721. The van der Waals surface area contributed by atoms with Crippen LogP contribution in [-0.4, -0.2) is 22.8 Å². The van der Waals surface area contributed by atoms with E-state index in [1.54, 1.807) is 30.6 Å². The van der Waals surface area contributed by atoms with E-state index in [1.807, 2.05) is 5.38 Å². The molecule has 132 valence electrons. The van der Waals surface area contributed by atoms with Crippen molar-refractivity contribution in [3.8, 4) is 0 Å². The molecule has 0 bridgehead atoms. The third kappa shape index (κ3) is 4.45. The molecule has 0 unspecified atom stereocenters. The van der Waals surface area contributed by atoms with E-state index in [1.165, 1.54) is 30.6 Å². The zero-order valence-corrected chi connectivity index (χ0v) is 15.1. The van der Waals surface area contributed by atoms with Crippen molar-refractivity contribution in [1.29, 1.82) is 0 Å². The van der Waals surface area contributed by atoms with Crippen LogP contribution in [0.3, 0.4) is 0 Å². The number of rotatable bonds is 5. The fourth-order valence-corrected chi connectivity index (χ4v) is 4.00. The SMILES string of the molecule is CCC1CCC(NC(=O)c2sccc2NC(=O)c2ccncc2)CC1. The molecule has 0 aromatic carbocycles. The number of hydrogen-bond donors (Lipinski definition) is 2. The summed E-state index contributed by atoms with van der Waals surface area (Å²) in [5, 5.41) is 7.78. The number of nitrogens with one attached hydrogen (secondary N) is 2. The number of pyridine rings is 1. The molecule has 6 heteroatoms. The molecule has 1 fully saturated rings. The number of hydrogen-bond acceptors (Lipinski definition) is 4. The summed E-state index contributed by atoms with van der Waals surface area (Å²) in [5.41, 5.74) is 1.08. The maximum Gasteiger partial charge on any atom is 0.263 e. The normalized spacial score (nSPS) is 20.0. The predicted octanol–water partition coefficient (Wildman–Crippen LogP) is 4.09. The second kappa shape index (κ2) is 8.25. The molecule has 2 amide bonds. The Balaban J connectivity index is 1.61. The first-order valence-corrected chi connectivity index (χ1v) is 9.65. The van der Waals surface area contributed by atoms with Crippen molar-refractivity contribution in [3.05, 3.63) is 46.4 Å². The standard InChI is InChI=1S/C19H23N3O2S/c1-2-13-3-5-15(6-4-13)21-19(24)17-16(9-12-25-17)22-18(23)14-7-10-20-11-8-14/h7-13,15H,2-6H2,1H3,(H,21,24)(H,22,23). The van der Waals surface area contributed by atoms with Gasteiger partial charge in [-0.05, 0) is 55.2 Å². The summed E-state index contributed by atoms with van der Waals surface area (Å²) in [5.74, 6) is 0.461. The fourth-order valence-electron chi connectivity index (χ4n) is 3.25. The van der Waals surface area contributed by atoms with Gasteiger partial charge in [0, 0.05) is 24.0 Å². The van der Waals surface area contributed by atoms with Crippen molar-refractivity contribution in [3.63, 3.8) is 0 Å². The Hall–Kier alpha value is -2.21. The molecular formula is C19H23N3O2S. The monoisotopic (exact) mass is 357 g/mol. The van der Waals surface area contributed by atoms with Gasteiger partial charge in [0.05, 0.1) is 5.69 Å². The highest BCUT2D eigenvalue weighted by Crippen LogP contribution is 2.28. The topological polar surface area (TPSA) is 71.1 Å². The van der Waals surface area contributed by atoms with E-state index in [2.05, 4.69) is 22.5 Å². The average molecular weight is 357 g/mol. The van der Waals surface area contributed by atoms with E-state index in [9.17, 15) is 9.59 Å². The second-order valence-electron chi connectivity index (χ2n) is 6.45. The van der Waals surface area contributed by atoms with Crippen molar-refractivity contribution in [2.24, 2.45) is 5.92 Å². The third-order valence-electron chi connectivity index (χ3n) is 4.82. The quantitative estimate of drug-likeness (QED) is 0.846. The van der Waals surface area contributed by atoms with E-state index in [0.717, 1.165) is 18.8 Å². The molecule has 2 aromatic rings. The van der Waals surface area contributed by atoms with Crippen LogP contribution < -0.4 is 10.6 Å². The summed E-state index contributed by atoms with van der Waals surface area (Å²) in [4.78, 5) is 29.3. The highest BCUT2D eigenvalue weighted by molar-refractivity contribution is 7.12. The van der Waals surface area contributed by atoms with Gasteiger partial charge >= 0.3 is 0 Å². The van der Waals surface area contributed by atoms with Gasteiger partial charge in [-0.1, -0.05) is 13.3 Å². The molecule has 1 saturated carbocycles. The van der Waals surface area contributed by atoms with E-state index in [0.29, 0.717) is 16.1 Å². The van der Waals surface area contributed by atoms with Crippen molar-refractivity contribution < 1.29 is 9.59 Å². The number of nitrogens with zero attached hydrogens (tertiary/aromatic N) is 1. The molecule has 5 nitrogen and oxygen atoms in total. The molecule has 0 radical (unpaired) electrons. The number of carbonyl (C=O) groups excluding carboxylic acids is 2. The van der Waals surface area contributed by atoms with Crippen LogP contribution in [0.5, 0.6) is 0 Å². The summed E-state index contributed by atoms with van der Waals surface area (Å²) in [6.45, 7) is 2.23. The smallest absolute Gasteiger partial charge is 0.263 e. The molecule has 0 atom stereocenters. The molecule has 0 spiro atoms. The lowest BCUT2D eigenvalue weighted by molar-refractivity contribution is 0.0926. The second-order valence-corrected chi connectivity index (χ2v) is 7.37. The zero-order chi connectivity index (χ0) is 17.6. The highest BCUT2D eigenvalue weighted by atomic mass is 32.1. The Morgan fingerprint density at radius 1 is 1.12 bits per heavy atom. The van der Waals surface area contributed by atoms with Crippen LogP contribution in [0.15, 0.2) is 36.0 Å². The Kier molecular flexibility index (Phi) is 5.81. The van der Waals surface area contributed by atoms with E-state index < -0.39 is 0 Å². The van der Waals surface area contributed by atoms with Gasteiger partial charge < -0.3 is 10.6 Å². The van der Waals surface area contributed by atoms with Gasteiger partial charge in [-0.25, -0.2) is 0 Å². The first-order valence-electron chi connectivity index (χ1n) is 8.77. The number of thiophene rings is 1. The lowest BCUT2D eigenvalue weighted by Gasteiger charge is -2.28.